The molecule has 0 unspecified atom stereocenters. The van der Waals surface area contributed by atoms with Crippen LogP contribution in [0.15, 0.2) is 91.3 Å². The summed E-state index contributed by atoms with van der Waals surface area (Å²) in [5.74, 6) is -0.0915. The van der Waals surface area contributed by atoms with Crippen molar-refractivity contribution in [3.63, 3.8) is 0 Å². The van der Waals surface area contributed by atoms with E-state index in [1.807, 2.05) is 67.0 Å². The van der Waals surface area contributed by atoms with Crippen molar-refractivity contribution in [2.45, 2.75) is 26.2 Å². The molecule has 0 radical (unpaired) electrons. The van der Waals surface area contributed by atoms with Gasteiger partial charge in [-0.25, -0.2) is 0 Å². The summed E-state index contributed by atoms with van der Waals surface area (Å²) < 4.78 is 1.76. The second-order valence-corrected chi connectivity index (χ2v) is 9.63. The number of aromatic nitrogens is 1. The number of pyridine rings is 1. The Bertz CT molecular complexity index is 1430. The van der Waals surface area contributed by atoms with E-state index >= 15 is 0 Å². The molecule has 0 atom stereocenters. The monoisotopic (exact) mass is 484 g/mol. The first kappa shape index (κ1) is 24.0. The first-order valence-corrected chi connectivity index (χ1v) is 11.6. The first-order valence-electron chi connectivity index (χ1n) is 11.1. The number of aliphatic hydroxyl groups is 1. The van der Waals surface area contributed by atoms with Crippen molar-refractivity contribution >= 4 is 50.8 Å². The standard InChI is InChI=1S/C28H25N3O3S/c1-28(2,3)21-15-17-30(18-16-21)25(26(32)20-11-13-22(14-12-20)31(33)34)27(35)29-24-10-6-8-19-7-4-5-9-23(19)24/h4-18H,1-3H3,(H-,29,32,35)/p+1. The largest absolute Gasteiger partial charge is 0.502 e. The molecule has 0 spiro atoms. The summed E-state index contributed by atoms with van der Waals surface area (Å²) in [5, 5.41) is 27.7. The molecule has 0 saturated heterocycles. The number of rotatable bonds is 5. The summed E-state index contributed by atoms with van der Waals surface area (Å²) in [4.78, 5) is 10.9. The van der Waals surface area contributed by atoms with Crippen LogP contribution in [0.4, 0.5) is 11.4 Å². The van der Waals surface area contributed by atoms with Crippen molar-refractivity contribution in [3.8, 4) is 0 Å². The van der Waals surface area contributed by atoms with Crippen LogP contribution in [0.3, 0.4) is 0 Å². The predicted molar refractivity (Wildman–Crippen MR) is 144 cm³/mol. The molecule has 176 valence electrons. The minimum Gasteiger partial charge on any atom is -0.502 e. The second-order valence-electron chi connectivity index (χ2n) is 9.23. The topological polar surface area (TPSA) is 79.3 Å². The highest BCUT2D eigenvalue weighted by molar-refractivity contribution is 7.81. The molecule has 0 aliphatic carbocycles. The molecule has 1 aromatic heterocycles. The second kappa shape index (κ2) is 9.64. The Hall–Kier alpha value is -4.10. The van der Waals surface area contributed by atoms with Crippen molar-refractivity contribution < 1.29 is 14.6 Å². The Labute approximate surface area is 209 Å². The smallest absolute Gasteiger partial charge is 0.288 e. The van der Waals surface area contributed by atoms with Crippen LogP contribution in [-0.2, 0) is 5.41 Å². The molecule has 0 aliphatic rings. The van der Waals surface area contributed by atoms with E-state index in [0.717, 1.165) is 22.0 Å². The number of nitrogens with one attached hydrogen (secondary N) is 1. The van der Waals surface area contributed by atoms with Gasteiger partial charge in [-0.05, 0) is 34.6 Å². The van der Waals surface area contributed by atoms with E-state index in [0.29, 0.717) is 16.2 Å². The van der Waals surface area contributed by atoms with Gasteiger partial charge < -0.3 is 10.4 Å². The van der Waals surface area contributed by atoms with Gasteiger partial charge in [0.05, 0.1) is 4.92 Å². The van der Waals surface area contributed by atoms with E-state index in [9.17, 15) is 15.2 Å². The van der Waals surface area contributed by atoms with Crippen LogP contribution in [-0.4, -0.2) is 15.0 Å². The van der Waals surface area contributed by atoms with E-state index in [1.54, 1.807) is 4.57 Å². The molecule has 4 rings (SSSR count). The third-order valence-electron chi connectivity index (χ3n) is 5.78. The zero-order valence-corrected chi connectivity index (χ0v) is 20.5. The van der Waals surface area contributed by atoms with Crippen molar-refractivity contribution in [2.75, 3.05) is 5.32 Å². The Kier molecular flexibility index (Phi) is 6.62. The fourth-order valence-corrected chi connectivity index (χ4v) is 4.13. The summed E-state index contributed by atoms with van der Waals surface area (Å²) >= 11 is 5.79. The minimum atomic E-state index is -0.474. The lowest BCUT2D eigenvalue weighted by Gasteiger charge is -2.18. The van der Waals surface area contributed by atoms with Crippen LogP contribution >= 0.6 is 12.2 Å². The first-order chi connectivity index (χ1) is 16.6. The lowest BCUT2D eigenvalue weighted by atomic mass is 9.88. The zero-order valence-electron chi connectivity index (χ0n) is 19.7. The Morgan fingerprint density at radius 3 is 2.20 bits per heavy atom. The predicted octanol–water partition coefficient (Wildman–Crippen LogP) is 6.66. The average Bonchev–Trinajstić information content (AvgIpc) is 2.84. The molecule has 0 amide bonds. The molecule has 0 fully saturated rings. The maximum Gasteiger partial charge on any atom is 0.288 e. The van der Waals surface area contributed by atoms with E-state index in [-0.39, 0.29) is 16.9 Å². The molecule has 4 aromatic rings. The Morgan fingerprint density at radius 1 is 0.943 bits per heavy atom. The summed E-state index contributed by atoms with van der Waals surface area (Å²) in [6, 6.07) is 23.6. The number of benzene rings is 3. The Morgan fingerprint density at radius 2 is 1.57 bits per heavy atom. The minimum absolute atomic E-state index is 0.0366. The van der Waals surface area contributed by atoms with E-state index < -0.39 is 4.92 Å². The molecule has 7 heteroatoms. The van der Waals surface area contributed by atoms with Crippen LogP contribution in [0, 0.1) is 10.1 Å². The van der Waals surface area contributed by atoms with Gasteiger partial charge in [-0.1, -0.05) is 69.4 Å². The van der Waals surface area contributed by atoms with Gasteiger partial charge in [-0.15, -0.1) is 0 Å². The number of non-ortho nitro benzene ring substituents is 1. The molecular weight excluding hydrogens is 458 g/mol. The number of hydrogen-bond acceptors (Lipinski definition) is 4. The SMILES string of the molecule is CC(C)(C)c1cc[n+](C(C(=S)Nc2cccc3ccccc23)=C(O)c2ccc([N+](=O)[O-])cc2)cc1. The van der Waals surface area contributed by atoms with Gasteiger partial charge in [0.15, 0.2) is 23.1 Å². The fraction of sp³-hybridized carbons (Fsp3) is 0.143. The molecule has 2 N–H and O–H groups in total. The number of fused-ring (bicyclic) bond motifs is 1. The number of nitro groups is 1. The van der Waals surface area contributed by atoms with Gasteiger partial charge in [0.2, 0.25) is 0 Å². The number of anilines is 1. The van der Waals surface area contributed by atoms with Gasteiger partial charge >= 0.3 is 0 Å². The van der Waals surface area contributed by atoms with Crippen molar-refractivity contribution in [2.24, 2.45) is 0 Å². The molecule has 0 bridgehead atoms. The van der Waals surface area contributed by atoms with Crippen LogP contribution in [0.1, 0.15) is 31.9 Å². The summed E-state index contributed by atoms with van der Waals surface area (Å²) in [7, 11) is 0. The highest BCUT2D eigenvalue weighted by Crippen LogP contribution is 2.26. The lowest BCUT2D eigenvalue weighted by molar-refractivity contribution is -0.575. The third kappa shape index (κ3) is 5.20. The molecular formula is C28H26N3O3S+. The van der Waals surface area contributed by atoms with Crippen molar-refractivity contribution in [3.05, 3.63) is 112 Å². The molecule has 0 saturated carbocycles. The van der Waals surface area contributed by atoms with Crippen LogP contribution in [0.2, 0.25) is 0 Å². The number of hydrogen-bond donors (Lipinski definition) is 2. The van der Waals surface area contributed by atoms with Crippen LogP contribution in [0.25, 0.3) is 22.2 Å². The lowest BCUT2D eigenvalue weighted by Crippen LogP contribution is -2.39. The summed E-state index contributed by atoms with van der Waals surface area (Å²) in [6.07, 6.45) is 3.71. The highest BCUT2D eigenvalue weighted by atomic mass is 32.1. The fourth-order valence-electron chi connectivity index (χ4n) is 3.82. The van der Waals surface area contributed by atoms with Crippen molar-refractivity contribution in [1.82, 2.24) is 0 Å². The van der Waals surface area contributed by atoms with E-state index in [1.165, 1.54) is 24.3 Å². The summed E-state index contributed by atoms with van der Waals surface area (Å²) in [5.41, 5.74) is 2.64. The number of nitrogens with zero attached hydrogens (tertiary/aromatic N) is 2. The molecule has 6 nitrogen and oxygen atoms in total. The van der Waals surface area contributed by atoms with Crippen molar-refractivity contribution in [1.29, 1.82) is 0 Å². The highest BCUT2D eigenvalue weighted by Gasteiger charge is 2.26. The average molecular weight is 485 g/mol. The quantitative estimate of drug-likeness (QED) is 0.0827. The number of thiocarbonyl (C=S) groups is 1. The van der Waals surface area contributed by atoms with Gasteiger partial charge in [0.25, 0.3) is 11.4 Å². The normalized spacial score (nSPS) is 12.2. The van der Waals surface area contributed by atoms with Gasteiger partial charge in [0.1, 0.15) is 0 Å². The van der Waals surface area contributed by atoms with Crippen LogP contribution in [0.5, 0.6) is 0 Å². The molecule has 1 heterocycles. The molecule has 0 aliphatic heterocycles. The van der Waals surface area contributed by atoms with E-state index in [4.69, 9.17) is 12.2 Å². The molecule has 3 aromatic carbocycles. The van der Waals surface area contributed by atoms with Crippen LogP contribution < -0.4 is 9.88 Å². The van der Waals surface area contributed by atoms with E-state index in [2.05, 4.69) is 26.1 Å². The van der Waals surface area contributed by atoms with Gasteiger partial charge in [-0.3, -0.25) is 10.1 Å². The summed E-state index contributed by atoms with van der Waals surface area (Å²) in [6.45, 7) is 6.39. The van der Waals surface area contributed by atoms with Gasteiger partial charge in [0, 0.05) is 40.9 Å². The third-order valence-corrected chi connectivity index (χ3v) is 6.08. The maximum atomic E-state index is 11.3. The zero-order chi connectivity index (χ0) is 25.2. The number of aliphatic hydroxyl groups excluding tert-OH is 1. The number of nitro benzene ring substituents is 1. The maximum absolute atomic E-state index is 11.3. The molecule has 35 heavy (non-hydrogen) atoms. The van der Waals surface area contributed by atoms with Gasteiger partial charge in [-0.2, -0.15) is 4.57 Å². The Balaban J connectivity index is 1.81.